The van der Waals surface area contributed by atoms with Crippen LogP contribution in [0.25, 0.3) is 0 Å². The lowest BCUT2D eigenvalue weighted by Crippen LogP contribution is -2.37. The predicted octanol–water partition coefficient (Wildman–Crippen LogP) is 2.57. The smallest absolute Gasteiger partial charge is 0.157 e. The third-order valence-corrected chi connectivity index (χ3v) is 2.45. The van der Waals surface area contributed by atoms with E-state index in [1.807, 2.05) is 0 Å². The Labute approximate surface area is 75.2 Å². The van der Waals surface area contributed by atoms with E-state index in [0.717, 1.165) is 6.42 Å². The van der Waals surface area contributed by atoms with Crippen LogP contribution in [0.1, 0.15) is 40.0 Å². The molecule has 0 aliphatic carbocycles. The highest BCUT2D eigenvalue weighted by Crippen LogP contribution is 2.31. The molecule has 72 valence electrons. The highest BCUT2D eigenvalue weighted by molar-refractivity contribution is 4.77. The van der Waals surface area contributed by atoms with Crippen LogP contribution < -0.4 is 0 Å². The topological polar surface area (TPSA) is 18.5 Å². The SMILES string of the molecule is CO[C@H]1CCC[C@H](C(C)(C)C)O1. The van der Waals surface area contributed by atoms with Crippen molar-refractivity contribution >= 4 is 0 Å². The van der Waals surface area contributed by atoms with E-state index in [4.69, 9.17) is 9.47 Å². The van der Waals surface area contributed by atoms with Gasteiger partial charge in [0.05, 0.1) is 6.10 Å². The van der Waals surface area contributed by atoms with Crippen molar-refractivity contribution in [1.82, 2.24) is 0 Å². The van der Waals surface area contributed by atoms with Crippen molar-refractivity contribution in [1.29, 1.82) is 0 Å². The molecule has 0 saturated carbocycles. The van der Waals surface area contributed by atoms with Crippen molar-refractivity contribution in [2.24, 2.45) is 5.41 Å². The van der Waals surface area contributed by atoms with E-state index in [9.17, 15) is 0 Å². The molecule has 1 fully saturated rings. The lowest BCUT2D eigenvalue weighted by Gasteiger charge is -2.37. The van der Waals surface area contributed by atoms with Gasteiger partial charge in [0, 0.05) is 7.11 Å². The molecule has 0 aromatic heterocycles. The van der Waals surface area contributed by atoms with Crippen LogP contribution in [-0.4, -0.2) is 19.5 Å². The molecule has 0 aromatic rings. The molecule has 2 atom stereocenters. The third-order valence-electron chi connectivity index (χ3n) is 2.45. The van der Waals surface area contributed by atoms with Gasteiger partial charge in [-0.3, -0.25) is 0 Å². The second-order valence-electron chi connectivity index (χ2n) is 4.59. The third kappa shape index (κ3) is 2.46. The number of methoxy groups -OCH3 is 1. The van der Waals surface area contributed by atoms with Crippen LogP contribution in [0.2, 0.25) is 0 Å². The van der Waals surface area contributed by atoms with Crippen molar-refractivity contribution < 1.29 is 9.47 Å². The van der Waals surface area contributed by atoms with Crippen molar-refractivity contribution in [2.75, 3.05) is 7.11 Å². The van der Waals surface area contributed by atoms with Gasteiger partial charge in [0.25, 0.3) is 0 Å². The second kappa shape index (κ2) is 3.75. The van der Waals surface area contributed by atoms with E-state index in [2.05, 4.69) is 20.8 Å². The van der Waals surface area contributed by atoms with Crippen LogP contribution in [0, 0.1) is 5.41 Å². The Morgan fingerprint density at radius 1 is 1.25 bits per heavy atom. The summed E-state index contributed by atoms with van der Waals surface area (Å²) in [5, 5.41) is 0. The van der Waals surface area contributed by atoms with E-state index >= 15 is 0 Å². The monoisotopic (exact) mass is 172 g/mol. The summed E-state index contributed by atoms with van der Waals surface area (Å²) in [6.45, 7) is 6.65. The Hall–Kier alpha value is -0.0800. The van der Waals surface area contributed by atoms with Gasteiger partial charge in [-0.1, -0.05) is 20.8 Å². The summed E-state index contributed by atoms with van der Waals surface area (Å²) in [6, 6.07) is 0. The van der Waals surface area contributed by atoms with E-state index < -0.39 is 0 Å². The van der Waals surface area contributed by atoms with E-state index in [1.165, 1.54) is 12.8 Å². The molecule has 12 heavy (non-hydrogen) atoms. The Balaban J connectivity index is 2.46. The average molecular weight is 172 g/mol. The quantitative estimate of drug-likeness (QED) is 0.605. The first kappa shape index (κ1) is 10.0. The first-order valence-electron chi connectivity index (χ1n) is 4.72. The zero-order valence-electron chi connectivity index (χ0n) is 8.59. The molecule has 1 aliphatic heterocycles. The molecule has 1 heterocycles. The van der Waals surface area contributed by atoms with Gasteiger partial charge >= 0.3 is 0 Å². The van der Waals surface area contributed by atoms with Crippen molar-refractivity contribution in [3.8, 4) is 0 Å². The molecule has 2 heteroatoms. The first-order valence-corrected chi connectivity index (χ1v) is 4.72. The minimum absolute atomic E-state index is 0.0305. The number of ether oxygens (including phenoxy) is 2. The maximum Gasteiger partial charge on any atom is 0.157 e. The standard InChI is InChI=1S/C10H20O2/c1-10(2,3)8-6-5-7-9(11-4)12-8/h8-9H,5-7H2,1-4H3/t8-,9-/m1/s1. The second-order valence-corrected chi connectivity index (χ2v) is 4.59. The van der Waals surface area contributed by atoms with E-state index in [-0.39, 0.29) is 11.7 Å². The molecule has 0 bridgehead atoms. The van der Waals surface area contributed by atoms with Gasteiger partial charge in [-0.25, -0.2) is 0 Å². The molecule has 0 unspecified atom stereocenters. The Bertz CT molecular complexity index is 137. The lowest BCUT2D eigenvalue weighted by atomic mass is 9.85. The predicted molar refractivity (Wildman–Crippen MR) is 49.0 cm³/mol. The molecule has 1 rings (SSSR count). The fraction of sp³-hybridized carbons (Fsp3) is 1.00. The number of rotatable bonds is 1. The van der Waals surface area contributed by atoms with E-state index in [0.29, 0.717) is 6.10 Å². The highest BCUT2D eigenvalue weighted by atomic mass is 16.7. The van der Waals surface area contributed by atoms with Crippen LogP contribution >= 0.6 is 0 Å². The highest BCUT2D eigenvalue weighted by Gasteiger charge is 2.31. The van der Waals surface area contributed by atoms with Crippen LogP contribution in [0.3, 0.4) is 0 Å². The van der Waals surface area contributed by atoms with Crippen molar-refractivity contribution in [3.63, 3.8) is 0 Å². The summed E-state index contributed by atoms with van der Waals surface area (Å²) >= 11 is 0. The summed E-state index contributed by atoms with van der Waals surface area (Å²) in [6.07, 6.45) is 3.83. The zero-order chi connectivity index (χ0) is 9.19. The molecule has 0 amide bonds. The van der Waals surface area contributed by atoms with Crippen LogP contribution in [0.5, 0.6) is 0 Å². The fourth-order valence-electron chi connectivity index (χ4n) is 1.60. The molecule has 0 aromatic carbocycles. The molecule has 0 N–H and O–H groups in total. The summed E-state index contributed by atoms with van der Waals surface area (Å²) in [5.74, 6) is 0. The molecule has 1 saturated heterocycles. The Morgan fingerprint density at radius 3 is 2.42 bits per heavy atom. The van der Waals surface area contributed by atoms with Crippen LogP contribution in [0.15, 0.2) is 0 Å². The number of hydrogen-bond acceptors (Lipinski definition) is 2. The van der Waals surface area contributed by atoms with Crippen molar-refractivity contribution in [3.05, 3.63) is 0 Å². The summed E-state index contributed by atoms with van der Waals surface area (Å²) in [5.41, 5.74) is 0.247. The Kier molecular flexibility index (Phi) is 3.13. The van der Waals surface area contributed by atoms with Crippen LogP contribution in [-0.2, 0) is 9.47 Å². The summed E-state index contributed by atoms with van der Waals surface area (Å²) in [7, 11) is 1.72. The largest absolute Gasteiger partial charge is 0.356 e. The van der Waals surface area contributed by atoms with Crippen molar-refractivity contribution in [2.45, 2.75) is 52.4 Å². The molecular formula is C10H20O2. The summed E-state index contributed by atoms with van der Waals surface area (Å²) < 4.78 is 11.0. The Morgan fingerprint density at radius 2 is 1.92 bits per heavy atom. The molecule has 0 spiro atoms. The lowest BCUT2D eigenvalue weighted by molar-refractivity contribution is -0.203. The van der Waals surface area contributed by atoms with Gasteiger partial charge in [-0.2, -0.15) is 0 Å². The molecular weight excluding hydrogens is 152 g/mol. The maximum absolute atomic E-state index is 5.78. The average Bonchev–Trinajstić information content (AvgIpc) is 2.03. The van der Waals surface area contributed by atoms with Crippen LogP contribution in [0.4, 0.5) is 0 Å². The normalized spacial score (nSPS) is 32.0. The van der Waals surface area contributed by atoms with Gasteiger partial charge in [0.1, 0.15) is 0 Å². The molecule has 0 radical (unpaired) electrons. The molecule has 1 aliphatic rings. The maximum atomic E-state index is 5.78. The van der Waals surface area contributed by atoms with Gasteiger partial charge < -0.3 is 9.47 Å². The first-order chi connectivity index (χ1) is 5.54. The summed E-state index contributed by atoms with van der Waals surface area (Å²) in [4.78, 5) is 0. The minimum Gasteiger partial charge on any atom is -0.356 e. The molecule has 2 nitrogen and oxygen atoms in total. The van der Waals surface area contributed by atoms with Gasteiger partial charge in [0.15, 0.2) is 6.29 Å². The van der Waals surface area contributed by atoms with Gasteiger partial charge in [0.2, 0.25) is 0 Å². The van der Waals surface area contributed by atoms with Gasteiger partial charge in [-0.05, 0) is 24.7 Å². The fourth-order valence-corrected chi connectivity index (χ4v) is 1.60. The van der Waals surface area contributed by atoms with E-state index in [1.54, 1.807) is 7.11 Å². The number of hydrogen-bond donors (Lipinski definition) is 0. The minimum atomic E-state index is 0.0305. The zero-order valence-corrected chi connectivity index (χ0v) is 8.59. The van der Waals surface area contributed by atoms with Gasteiger partial charge in [-0.15, -0.1) is 0 Å².